The molecule has 2 aromatic rings. The number of pyridine rings is 1. The third-order valence-corrected chi connectivity index (χ3v) is 2.55. The summed E-state index contributed by atoms with van der Waals surface area (Å²) in [5.41, 5.74) is -1.54. The summed E-state index contributed by atoms with van der Waals surface area (Å²) in [4.78, 5) is 24.9. The van der Waals surface area contributed by atoms with Gasteiger partial charge in [-0.15, -0.1) is 0 Å². The van der Waals surface area contributed by atoms with E-state index in [0.717, 1.165) is 12.1 Å². The Labute approximate surface area is 99.2 Å². The lowest BCUT2D eigenvalue weighted by Gasteiger charge is -2.07. The monoisotopic (exact) mass is 255 g/mol. The topological polar surface area (TPSA) is 49.9 Å². The predicted octanol–water partition coefficient (Wildman–Crippen LogP) is 2.75. The van der Waals surface area contributed by atoms with E-state index in [4.69, 9.17) is 0 Å². The smallest absolute Gasteiger partial charge is 0.321 e. The number of hydrogen-bond donors (Lipinski definition) is 1. The Kier molecular flexibility index (Phi) is 2.73. The summed E-state index contributed by atoms with van der Waals surface area (Å²) >= 11 is 0. The van der Waals surface area contributed by atoms with Gasteiger partial charge >= 0.3 is 6.18 Å². The van der Waals surface area contributed by atoms with Gasteiger partial charge in [-0.2, -0.15) is 13.2 Å². The van der Waals surface area contributed by atoms with E-state index in [1.807, 2.05) is 0 Å². The van der Waals surface area contributed by atoms with Gasteiger partial charge in [0.1, 0.15) is 0 Å². The van der Waals surface area contributed by atoms with Crippen LogP contribution in [-0.4, -0.2) is 10.8 Å². The number of ketones is 1. The summed E-state index contributed by atoms with van der Waals surface area (Å²) < 4.78 is 37.4. The van der Waals surface area contributed by atoms with Crippen LogP contribution in [0.3, 0.4) is 0 Å². The lowest BCUT2D eigenvalue weighted by atomic mass is 10.1. The molecule has 0 aliphatic heterocycles. The van der Waals surface area contributed by atoms with Crippen LogP contribution in [-0.2, 0) is 6.18 Å². The molecule has 1 aromatic carbocycles. The van der Waals surface area contributed by atoms with Gasteiger partial charge in [0.05, 0.1) is 11.1 Å². The summed E-state index contributed by atoms with van der Waals surface area (Å²) in [5, 5.41) is 0.382. The van der Waals surface area contributed by atoms with Crippen LogP contribution in [0.5, 0.6) is 0 Å². The molecule has 1 N–H and O–H groups in total. The van der Waals surface area contributed by atoms with Crippen molar-refractivity contribution in [2.45, 2.75) is 13.1 Å². The number of benzene rings is 1. The summed E-state index contributed by atoms with van der Waals surface area (Å²) in [6.45, 7) is 1.22. The van der Waals surface area contributed by atoms with Crippen LogP contribution in [0.1, 0.15) is 22.8 Å². The first kappa shape index (κ1) is 12.3. The molecule has 3 nitrogen and oxygen atoms in total. The highest BCUT2D eigenvalue weighted by molar-refractivity contribution is 5.97. The van der Waals surface area contributed by atoms with Crippen molar-refractivity contribution >= 4 is 16.7 Å². The van der Waals surface area contributed by atoms with Crippen LogP contribution in [0.2, 0.25) is 0 Å². The van der Waals surface area contributed by atoms with Crippen LogP contribution in [0, 0.1) is 0 Å². The van der Waals surface area contributed by atoms with Gasteiger partial charge in [0.15, 0.2) is 5.78 Å². The number of carbonyl (C=O) groups is 1. The first-order valence-electron chi connectivity index (χ1n) is 5.04. The number of halogens is 3. The Bertz CT molecular complexity index is 686. The molecule has 0 fully saturated rings. The molecule has 94 valence electrons. The highest BCUT2D eigenvalue weighted by atomic mass is 19.4. The third-order valence-electron chi connectivity index (χ3n) is 2.55. The highest BCUT2D eigenvalue weighted by Crippen LogP contribution is 2.30. The van der Waals surface area contributed by atoms with E-state index in [1.54, 1.807) is 0 Å². The molecule has 0 atom stereocenters. The molecular weight excluding hydrogens is 247 g/mol. The molecule has 0 unspecified atom stereocenters. The zero-order valence-electron chi connectivity index (χ0n) is 9.26. The maximum Gasteiger partial charge on any atom is 0.416 e. The first-order valence-corrected chi connectivity index (χ1v) is 5.04. The Balaban J connectivity index is 2.71. The molecule has 1 aromatic heterocycles. The van der Waals surface area contributed by atoms with Gasteiger partial charge in [-0.3, -0.25) is 9.59 Å². The molecule has 0 aliphatic carbocycles. The standard InChI is InChI=1S/C12H8F3NO2/c1-6(17)9-4-7-2-3-8(12(13,14)15)5-10(7)16-11(9)18/h2-5H,1H3,(H,16,18). The molecule has 0 saturated carbocycles. The number of aromatic nitrogens is 1. The molecule has 0 radical (unpaired) electrons. The molecule has 1 heterocycles. The number of fused-ring (bicyclic) bond motifs is 1. The number of H-pyrrole nitrogens is 1. The van der Waals surface area contributed by atoms with E-state index in [1.165, 1.54) is 19.1 Å². The zero-order valence-corrected chi connectivity index (χ0v) is 9.26. The van der Waals surface area contributed by atoms with Crippen molar-refractivity contribution in [1.82, 2.24) is 4.98 Å². The Morgan fingerprint density at radius 1 is 1.22 bits per heavy atom. The van der Waals surface area contributed by atoms with E-state index < -0.39 is 23.1 Å². The largest absolute Gasteiger partial charge is 0.416 e. The predicted molar refractivity (Wildman–Crippen MR) is 59.6 cm³/mol. The lowest BCUT2D eigenvalue weighted by Crippen LogP contribution is -2.16. The lowest BCUT2D eigenvalue weighted by molar-refractivity contribution is -0.137. The van der Waals surface area contributed by atoms with E-state index in [2.05, 4.69) is 4.98 Å². The van der Waals surface area contributed by atoms with Gasteiger partial charge < -0.3 is 4.98 Å². The molecule has 18 heavy (non-hydrogen) atoms. The maximum atomic E-state index is 12.5. The third kappa shape index (κ3) is 2.13. The number of Topliss-reactive ketones (excluding diaryl/α,β-unsaturated/α-hetero) is 1. The van der Waals surface area contributed by atoms with Crippen molar-refractivity contribution in [1.29, 1.82) is 0 Å². The number of hydrogen-bond acceptors (Lipinski definition) is 2. The van der Waals surface area contributed by atoms with E-state index >= 15 is 0 Å². The zero-order chi connectivity index (χ0) is 13.5. The molecular formula is C12H8F3NO2. The fourth-order valence-corrected chi connectivity index (χ4v) is 1.64. The van der Waals surface area contributed by atoms with Crippen molar-refractivity contribution in [3.8, 4) is 0 Å². The fourth-order valence-electron chi connectivity index (χ4n) is 1.64. The molecule has 0 amide bonds. The minimum absolute atomic E-state index is 0.0554. The molecule has 2 rings (SSSR count). The average Bonchev–Trinajstić information content (AvgIpc) is 2.25. The second kappa shape index (κ2) is 3.97. The normalized spacial score (nSPS) is 11.8. The minimum atomic E-state index is -4.47. The fraction of sp³-hybridized carbons (Fsp3) is 0.167. The maximum absolute atomic E-state index is 12.5. The molecule has 6 heteroatoms. The number of carbonyl (C=O) groups excluding carboxylic acids is 1. The van der Waals surface area contributed by atoms with Crippen LogP contribution < -0.4 is 5.56 Å². The molecule has 0 bridgehead atoms. The average molecular weight is 255 g/mol. The second-order valence-electron chi connectivity index (χ2n) is 3.87. The van der Waals surface area contributed by atoms with Gasteiger partial charge in [-0.1, -0.05) is 6.07 Å². The molecule has 0 aliphatic rings. The van der Waals surface area contributed by atoms with Crippen molar-refractivity contribution in [3.63, 3.8) is 0 Å². The van der Waals surface area contributed by atoms with E-state index in [9.17, 15) is 22.8 Å². The summed E-state index contributed by atoms with van der Waals surface area (Å²) in [6.07, 6.45) is -4.47. The van der Waals surface area contributed by atoms with Gasteiger partial charge in [0.2, 0.25) is 0 Å². The Hall–Kier alpha value is -2.11. The van der Waals surface area contributed by atoms with Crippen LogP contribution in [0.4, 0.5) is 13.2 Å². The number of aromatic amines is 1. The summed E-state index contributed by atoms with van der Waals surface area (Å²) in [5.74, 6) is -0.432. The van der Waals surface area contributed by atoms with Crippen molar-refractivity contribution in [3.05, 3.63) is 45.7 Å². The molecule has 0 saturated heterocycles. The van der Waals surface area contributed by atoms with Gasteiger partial charge in [0, 0.05) is 5.52 Å². The van der Waals surface area contributed by atoms with Gasteiger partial charge in [0.25, 0.3) is 5.56 Å². The Morgan fingerprint density at radius 2 is 1.89 bits per heavy atom. The SMILES string of the molecule is CC(=O)c1cc2ccc(C(F)(F)F)cc2[nH]c1=O. The number of alkyl halides is 3. The van der Waals surface area contributed by atoms with Crippen LogP contribution >= 0.6 is 0 Å². The van der Waals surface area contributed by atoms with E-state index in [-0.39, 0.29) is 11.1 Å². The van der Waals surface area contributed by atoms with Crippen LogP contribution in [0.25, 0.3) is 10.9 Å². The highest BCUT2D eigenvalue weighted by Gasteiger charge is 2.30. The van der Waals surface area contributed by atoms with Crippen molar-refractivity contribution in [2.75, 3.05) is 0 Å². The number of rotatable bonds is 1. The quantitative estimate of drug-likeness (QED) is 0.796. The van der Waals surface area contributed by atoms with Gasteiger partial charge in [-0.05, 0) is 30.5 Å². The molecule has 0 spiro atoms. The Morgan fingerprint density at radius 3 is 2.44 bits per heavy atom. The van der Waals surface area contributed by atoms with E-state index in [0.29, 0.717) is 5.39 Å². The van der Waals surface area contributed by atoms with Crippen LogP contribution in [0.15, 0.2) is 29.1 Å². The van der Waals surface area contributed by atoms with Crippen molar-refractivity contribution in [2.24, 2.45) is 0 Å². The van der Waals surface area contributed by atoms with Crippen molar-refractivity contribution < 1.29 is 18.0 Å². The summed E-state index contributed by atoms with van der Waals surface area (Å²) in [6, 6.07) is 4.27. The van der Waals surface area contributed by atoms with Gasteiger partial charge in [-0.25, -0.2) is 0 Å². The number of nitrogens with one attached hydrogen (secondary N) is 1. The minimum Gasteiger partial charge on any atom is -0.321 e. The second-order valence-corrected chi connectivity index (χ2v) is 3.87. The summed E-state index contributed by atoms with van der Waals surface area (Å²) in [7, 11) is 0. The first-order chi connectivity index (χ1) is 8.29.